The molecule has 2 aliphatic rings. The number of aliphatic hydroxyl groups is 1. The molecular formula is C30H42N4O6S. The van der Waals surface area contributed by atoms with Crippen LogP contribution < -0.4 is 15.4 Å². The quantitative estimate of drug-likeness (QED) is 0.429. The first-order chi connectivity index (χ1) is 19.5. The number of likely N-dealkylation sites (N-methyl/N-ethyl adjacent to an activating group) is 1. The van der Waals surface area contributed by atoms with Gasteiger partial charge in [0.25, 0.3) is 5.91 Å². The van der Waals surface area contributed by atoms with Gasteiger partial charge in [0.1, 0.15) is 11.9 Å². The number of nitrogens with zero attached hydrogens (tertiary/aromatic N) is 2. The van der Waals surface area contributed by atoms with Gasteiger partial charge >= 0.3 is 6.03 Å². The lowest BCUT2D eigenvalue weighted by molar-refractivity contribution is 0.0387. The summed E-state index contributed by atoms with van der Waals surface area (Å²) in [5, 5.41) is 15.8. The van der Waals surface area contributed by atoms with E-state index in [4.69, 9.17) is 4.74 Å². The molecular weight excluding hydrogens is 544 g/mol. The van der Waals surface area contributed by atoms with Gasteiger partial charge in [-0.2, -0.15) is 4.31 Å². The largest absolute Gasteiger partial charge is 0.488 e. The Hall–Kier alpha value is -3.15. The second-order valence-corrected chi connectivity index (χ2v) is 13.4. The molecule has 2 aromatic rings. The first-order valence-corrected chi connectivity index (χ1v) is 15.8. The fourth-order valence-electron chi connectivity index (χ4n) is 5.36. The van der Waals surface area contributed by atoms with Crippen LogP contribution in [0.25, 0.3) is 0 Å². The molecule has 41 heavy (non-hydrogen) atoms. The Morgan fingerprint density at radius 2 is 1.83 bits per heavy atom. The van der Waals surface area contributed by atoms with Gasteiger partial charge in [-0.15, -0.1) is 0 Å². The average molecular weight is 587 g/mol. The van der Waals surface area contributed by atoms with Crippen LogP contribution in [0.4, 0.5) is 10.5 Å². The maximum atomic E-state index is 13.7. The van der Waals surface area contributed by atoms with Crippen molar-refractivity contribution in [1.29, 1.82) is 0 Å². The summed E-state index contributed by atoms with van der Waals surface area (Å²) in [6.07, 6.45) is 4.68. The number of rotatable bonds is 8. The highest BCUT2D eigenvalue weighted by Gasteiger charge is 2.35. The summed E-state index contributed by atoms with van der Waals surface area (Å²) in [7, 11) is -2.26. The summed E-state index contributed by atoms with van der Waals surface area (Å²) in [6, 6.07) is 10.9. The first-order valence-electron chi connectivity index (χ1n) is 14.3. The molecule has 2 aromatic carbocycles. The molecule has 3 amide bonds. The monoisotopic (exact) mass is 586 g/mol. The number of urea groups is 1. The van der Waals surface area contributed by atoms with Crippen molar-refractivity contribution in [2.24, 2.45) is 5.92 Å². The molecule has 224 valence electrons. The molecule has 0 spiro atoms. The molecule has 0 unspecified atom stereocenters. The van der Waals surface area contributed by atoms with Crippen molar-refractivity contribution in [3.63, 3.8) is 0 Å². The number of sulfonamides is 1. The molecule has 3 N–H and O–H groups in total. The number of benzene rings is 2. The number of carbonyl (C=O) groups is 2. The van der Waals surface area contributed by atoms with E-state index in [9.17, 15) is 23.1 Å². The summed E-state index contributed by atoms with van der Waals surface area (Å²) in [5.41, 5.74) is 1.64. The van der Waals surface area contributed by atoms with Crippen LogP contribution in [0.1, 0.15) is 61.9 Å². The number of amides is 3. The Labute approximate surface area is 243 Å². The van der Waals surface area contributed by atoms with Crippen LogP contribution >= 0.6 is 0 Å². The van der Waals surface area contributed by atoms with E-state index in [1.54, 1.807) is 54.3 Å². The van der Waals surface area contributed by atoms with Crippen molar-refractivity contribution in [2.45, 2.75) is 76.0 Å². The summed E-state index contributed by atoms with van der Waals surface area (Å²) in [4.78, 5) is 28.1. The topological polar surface area (TPSA) is 128 Å². The minimum absolute atomic E-state index is 0.0517. The Morgan fingerprint density at radius 1 is 1.15 bits per heavy atom. The molecule has 0 aromatic heterocycles. The van der Waals surface area contributed by atoms with Crippen LogP contribution in [0.2, 0.25) is 0 Å². The minimum Gasteiger partial charge on any atom is -0.488 e. The summed E-state index contributed by atoms with van der Waals surface area (Å²) in [6.45, 7) is 5.63. The van der Waals surface area contributed by atoms with E-state index in [1.807, 2.05) is 13.8 Å². The van der Waals surface area contributed by atoms with Crippen LogP contribution in [0, 0.1) is 12.8 Å². The van der Waals surface area contributed by atoms with Gasteiger partial charge in [0.15, 0.2) is 0 Å². The predicted octanol–water partition coefficient (Wildman–Crippen LogP) is 3.99. The van der Waals surface area contributed by atoms with E-state index in [2.05, 4.69) is 10.6 Å². The molecule has 0 radical (unpaired) electrons. The van der Waals surface area contributed by atoms with Crippen LogP contribution in [0.15, 0.2) is 47.4 Å². The molecule has 1 heterocycles. The Kier molecular flexibility index (Phi) is 9.93. The number of carbonyl (C=O) groups excluding carboxylic acids is 2. The van der Waals surface area contributed by atoms with E-state index in [0.717, 1.165) is 31.2 Å². The second kappa shape index (κ2) is 13.2. The zero-order chi connectivity index (χ0) is 29.7. The van der Waals surface area contributed by atoms with Gasteiger partial charge in [-0.05, 0) is 57.0 Å². The molecule has 11 heteroatoms. The number of fused-ring (bicyclic) bond motifs is 1. The van der Waals surface area contributed by atoms with Gasteiger partial charge in [-0.25, -0.2) is 13.2 Å². The molecule has 1 aliphatic heterocycles. The Balaban J connectivity index is 1.59. The Morgan fingerprint density at radius 3 is 2.49 bits per heavy atom. The number of hydrogen-bond acceptors (Lipinski definition) is 6. The fraction of sp³-hybridized carbons (Fsp3) is 0.533. The zero-order valence-corrected chi connectivity index (χ0v) is 25.1. The van der Waals surface area contributed by atoms with E-state index in [1.165, 1.54) is 17.8 Å². The van der Waals surface area contributed by atoms with Crippen molar-refractivity contribution in [2.75, 3.05) is 32.1 Å². The highest BCUT2D eigenvalue weighted by atomic mass is 32.2. The number of ether oxygens (including phenoxy) is 1. The molecule has 1 fully saturated rings. The molecule has 0 bridgehead atoms. The summed E-state index contributed by atoms with van der Waals surface area (Å²) >= 11 is 0. The van der Waals surface area contributed by atoms with Crippen LogP contribution in [0.5, 0.6) is 5.75 Å². The highest BCUT2D eigenvalue weighted by molar-refractivity contribution is 7.89. The Bertz CT molecular complexity index is 1330. The van der Waals surface area contributed by atoms with E-state index in [0.29, 0.717) is 11.4 Å². The van der Waals surface area contributed by atoms with Crippen molar-refractivity contribution < 1.29 is 27.9 Å². The van der Waals surface area contributed by atoms with Crippen molar-refractivity contribution in [3.8, 4) is 5.75 Å². The number of aryl methyl sites for hydroxylation is 1. The maximum Gasteiger partial charge on any atom is 0.319 e. The van der Waals surface area contributed by atoms with Crippen molar-refractivity contribution >= 4 is 27.6 Å². The van der Waals surface area contributed by atoms with Gasteiger partial charge < -0.3 is 25.4 Å². The number of anilines is 1. The first kappa shape index (κ1) is 30.8. The normalized spacial score (nSPS) is 20.9. The third-order valence-electron chi connectivity index (χ3n) is 8.03. The summed E-state index contributed by atoms with van der Waals surface area (Å²) < 4.78 is 34.2. The van der Waals surface area contributed by atoms with Crippen molar-refractivity contribution in [3.05, 3.63) is 53.6 Å². The van der Waals surface area contributed by atoms with Crippen molar-refractivity contribution in [1.82, 2.24) is 14.5 Å². The maximum absolute atomic E-state index is 13.7. The van der Waals surface area contributed by atoms with E-state index < -0.39 is 22.2 Å². The lowest BCUT2D eigenvalue weighted by atomic mass is 9.96. The molecule has 0 saturated heterocycles. The standard InChI is InChI=1S/C30H42N4O6S/c1-20-10-13-25(14-11-20)41(38,39)33(4)18-28-21(2)17-34(22(3)19-35)29(36)26-16-24(12-15-27(26)40-28)32-30(37)31-23-8-6-5-7-9-23/h10-16,21-23,28,35H,5-9,17-19H2,1-4H3,(H2,31,32,37)/t21-,22-,28-/m0/s1. The third-order valence-corrected chi connectivity index (χ3v) is 9.87. The summed E-state index contributed by atoms with van der Waals surface area (Å²) in [5.74, 6) is -0.291. The lowest BCUT2D eigenvalue weighted by Gasteiger charge is -2.38. The number of aliphatic hydroxyl groups excluding tert-OH is 1. The molecule has 1 saturated carbocycles. The predicted molar refractivity (Wildman–Crippen MR) is 158 cm³/mol. The second-order valence-electron chi connectivity index (χ2n) is 11.4. The molecule has 4 rings (SSSR count). The average Bonchev–Trinajstić information content (AvgIpc) is 2.95. The van der Waals surface area contributed by atoms with Gasteiger partial charge in [-0.1, -0.05) is 43.9 Å². The highest BCUT2D eigenvalue weighted by Crippen LogP contribution is 2.31. The van der Waals surface area contributed by atoms with E-state index in [-0.39, 0.29) is 54.1 Å². The van der Waals surface area contributed by atoms with Gasteiger partial charge in [-0.3, -0.25) is 4.79 Å². The zero-order valence-electron chi connectivity index (χ0n) is 24.3. The minimum atomic E-state index is -3.78. The van der Waals surface area contributed by atoms with Crippen LogP contribution in [-0.4, -0.2) is 79.6 Å². The third kappa shape index (κ3) is 7.38. The SMILES string of the molecule is Cc1ccc(S(=O)(=O)N(C)C[C@@H]2Oc3ccc(NC(=O)NC4CCCCC4)cc3C(=O)N([C@@H](C)CO)C[C@@H]2C)cc1. The molecule has 10 nitrogen and oxygen atoms in total. The number of hydrogen-bond donors (Lipinski definition) is 3. The van der Waals surface area contributed by atoms with Crippen LogP contribution in [0.3, 0.4) is 0 Å². The van der Waals surface area contributed by atoms with Crippen LogP contribution in [-0.2, 0) is 10.0 Å². The van der Waals surface area contributed by atoms with Gasteiger partial charge in [0, 0.05) is 31.2 Å². The van der Waals surface area contributed by atoms with E-state index >= 15 is 0 Å². The lowest BCUT2D eigenvalue weighted by Crippen LogP contribution is -2.50. The molecule has 1 aliphatic carbocycles. The number of nitrogens with one attached hydrogen (secondary N) is 2. The smallest absolute Gasteiger partial charge is 0.319 e. The fourth-order valence-corrected chi connectivity index (χ4v) is 6.54. The van der Waals surface area contributed by atoms with Gasteiger partial charge in [0.2, 0.25) is 10.0 Å². The molecule has 3 atom stereocenters. The van der Waals surface area contributed by atoms with Gasteiger partial charge in [0.05, 0.1) is 29.7 Å².